The summed E-state index contributed by atoms with van der Waals surface area (Å²) in [5.41, 5.74) is 0.577. The van der Waals surface area contributed by atoms with Gasteiger partial charge in [-0.25, -0.2) is 9.59 Å². The Morgan fingerprint density at radius 2 is 0.919 bits per heavy atom. The third-order valence-electron chi connectivity index (χ3n) is 5.04. The number of hydrogen-bond acceptors (Lipinski definition) is 7. The van der Waals surface area contributed by atoms with Gasteiger partial charge in [-0.2, -0.15) is 0 Å². The van der Waals surface area contributed by atoms with E-state index in [-0.39, 0.29) is 24.5 Å². The van der Waals surface area contributed by atoms with E-state index in [1.807, 2.05) is 60.7 Å². The summed E-state index contributed by atoms with van der Waals surface area (Å²) in [6, 6.07) is 31.6. The molecule has 0 atom stereocenters. The summed E-state index contributed by atoms with van der Waals surface area (Å²) in [6.07, 6.45) is 0. The number of para-hydroxylation sites is 2. The van der Waals surface area contributed by atoms with Gasteiger partial charge in [0, 0.05) is 0 Å². The Hall–Kier alpha value is -4.78. The van der Waals surface area contributed by atoms with Crippen LogP contribution in [-0.2, 0) is 4.74 Å². The van der Waals surface area contributed by atoms with E-state index in [0.29, 0.717) is 30.3 Å². The highest BCUT2D eigenvalue weighted by atomic mass is 16.6. The number of hydrogen-bond donors (Lipinski definition) is 0. The van der Waals surface area contributed by atoms with Crippen molar-refractivity contribution in [3.8, 4) is 23.0 Å². The molecule has 188 valence electrons. The molecule has 0 spiro atoms. The summed E-state index contributed by atoms with van der Waals surface area (Å²) in [7, 11) is 0. The topological polar surface area (TPSA) is 80.3 Å². The third kappa shape index (κ3) is 8.14. The van der Waals surface area contributed by atoms with E-state index >= 15 is 0 Å². The van der Waals surface area contributed by atoms with Gasteiger partial charge in [0.25, 0.3) is 0 Å². The molecule has 0 aliphatic carbocycles. The van der Waals surface area contributed by atoms with E-state index in [0.717, 1.165) is 5.75 Å². The molecular weight excluding hydrogens is 472 g/mol. The normalized spacial score (nSPS) is 10.3. The number of benzene rings is 4. The van der Waals surface area contributed by atoms with E-state index in [4.69, 9.17) is 23.7 Å². The highest BCUT2D eigenvalue weighted by molar-refractivity contribution is 5.93. The molecule has 0 aromatic heterocycles. The van der Waals surface area contributed by atoms with Crippen LogP contribution in [0, 0.1) is 0 Å². The Labute approximate surface area is 215 Å². The number of carbonyl (C=O) groups is 2. The van der Waals surface area contributed by atoms with Gasteiger partial charge in [-0.3, -0.25) is 0 Å². The maximum Gasteiger partial charge on any atom is 0.343 e. The van der Waals surface area contributed by atoms with E-state index in [1.54, 1.807) is 42.5 Å². The fourth-order valence-corrected chi connectivity index (χ4v) is 3.30. The fraction of sp³-hybridized carbons (Fsp3) is 0.133. The molecule has 0 heterocycles. The largest absolute Gasteiger partial charge is 0.490 e. The molecule has 7 nitrogen and oxygen atoms in total. The van der Waals surface area contributed by atoms with Crippen LogP contribution in [-0.4, -0.2) is 38.4 Å². The maximum absolute atomic E-state index is 12.7. The lowest BCUT2D eigenvalue weighted by atomic mass is 10.2. The first-order valence-electron chi connectivity index (χ1n) is 11.8. The zero-order valence-electron chi connectivity index (χ0n) is 20.1. The van der Waals surface area contributed by atoms with Crippen molar-refractivity contribution in [2.75, 3.05) is 26.4 Å². The summed E-state index contributed by atoms with van der Waals surface area (Å²) in [4.78, 5) is 25.1. The zero-order valence-corrected chi connectivity index (χ0v) is 20.1. The van der Waals surface area contributed by atoms with E-state index in [2.05, 4.69) is 0 Å². The van der Waals surface area contributed by atoms with Crippen molar-refractivity contribution < 1.29 is 33.3 Å². The first-order valence-corrected chi connectivity index (χ1v) is 11.8. The second kappa shape index (κ2) is 13.3. The van der Waals surface area contributed by atoms with Gasteiger partial charge in [0.05, 0.1) is 11.1 Å². The number of ether oxygens (including phenoxy) is 5. The van der Waals surface area contributed by atoms with Crippen LogP contribution in [0.5, 0.6) is 23.0 Å². The Bertz CT molecular complexity index is 1290. The van der Waals surface area contributed by atoms with Crippen molar-refractivity contribution in [3.63, 3.8) is 0 Å². The number of carbonyl (C=O) groups excluding carboxylic acids is 2. The van der Waals surface area contributed by atoms with Gasteiger partial charge < -0.3 is 23.7 Å². The van der Waals surface area contributed by atoms with E-state index in [1.165, 1.54) is 6.07 Å². The predicted octanol–water partition coefficient (Wildman–Crippen LogP) is 5.60. The van der Waals surface area contributed by atoms with Crippen molar-refractivity contribution >= 4 is 11.9 Å². The molecule has 0 fully saturated rings. The minimum atomic E-state index is -0.576. The first kappa shape index (κ1) is 25.3. The molecule has 0 radical (unpaired) electrons. The average Bonchev–Trinajstić information content (AvgIpc) is 2.95. The van der Waals surface area contributed by atoms with Gasteiger partial charge in [-0.15, -0.1) is 0 Å². The SMILES string of the molecule is O=C(OCCOc1ccccc1)c1cccc(OC(=O)c2cccc(OCCOc3ccccc3)c2)c1. The molecule has 4 aromatic carbocycles. The standard InChI is InChI=1S/C30H26O7/c31-29(36-20-19-34-26-13-5-2-6-14-26)23-9-8-16-28(22-23)37-30(32)24-10-7-15-27(21-24)35-18-17-33-25-11-3-1-4-12-25/h1-16,21-22H,17-20H2. The molecule has 0 unspecified atom stereocenters. The van der Waals surface area contributed by atoms with Crippen LogP contribution in [0.4, 0.5) is 0 Å². The van der Waals surface area contributed by atoms with Crippen molar-refractivity contribution in [1.29, 1.82) is 0 Å². The monoisotopic (exact) mass is 498 g/mol. The number of rotatable bonds is 12. The second-order valence-electron chi connectivity index (χ2n) is 7.75. The fourth-order valence-electron chi connectivity index (χ4n) is 3.30. The second-order valence-corrected chi connectivity index (χ2v) is 7.75. The van der Waals surface area contributed by atoms with Gasteiger partial charge in [-0.05, 0) is 60.7 Å². The predicted molar refractivity (Wildman–Crippen MR) is 137 cm³/mol. The van der Waals surface area contributed by atoms with Crippen LogP contribution in [0.15, 0.2) is 109 Å². The Morgan fingerprint density at radius 3 is 1.54 bits per heavy atom. The van der Waals surface area contributed by atoms with E-state index < -0.39 is 11.9 Å². The molecule has 4 rings (SSSR count). The van der Waals surface area contributed by atoms with Gasteiger partial charge in [0.2, 0.25) is 0 Å². The molecule has 0 aliphatic rings. The summed E-state index contributed by atoms with van der Waals surface area (Å²) in [6.45, 7) is 0.982. The molecule has 0 amide bonds. The van der Waals surface area contributed by atoms with Crippen LogP contribution < -0.4 is 18.9 Å². The quantitative estimate of drug-likeness (QED) is 0.143. The summed E-state index contributed by atoms with van der Waals surface area (Å²) in [5.74, 6) is 1.08. The molecule has 0 bridgehead atoms. The maximum atomic E-state index is 12.7. The highest BCUT2D eigenvalue weighted by Gasteiger charge is 2.13. The van der Waals surface area contributed by atoms with Gasteiger partial charge in [0.15, 0.2) is 0 Å². The van der Waals surface area contributed by atoms with Crippen LogP contribution in [0.2, 0.25) is 0 Å². The minimum absolute atomic E-state index is 0.0842. The average molecular weight is 499 g/mol. The molecule has 4 aromatic rings. The Kier molecular flexibility index (Phi) is 9.13. The molecule has 0 saturated carbocycles. The Morgan fingerprint density at radius 1 is 0.459 bits per heavy atom. The molecule has 7 heteroatoms. The van der Waals surface area contributed by atoms with Crippen LogP contribution in [0.25, 0.3) is 0 Å². The highest BCUT2D eigenvalue weighted by Crippen LogP contribution is 2.19. The molecule has 0 N–H and O–H groups in total. The summed E-state index contributed by atoms with van der Waals surface area (Å²) < 4.78 is 27.5. The van der Waals surface area contributed by atoms with E-state index in [9.17, 15) is 9.59 Å². The lowest BCUT2D eigenvalue weighted by Crippen LogP contribution is -2.13. The van der Waals surface area contributed by atoms with Crippen LogP contribution >= 0.6 is 0 Å². The molecule has 37 heavy (non-hydrogen) atoms. The number of esters is 2. The lowest BCUT2D eigenvalue weighted by molar-refractivity contribution is 0.0449. The van der Waals surface area contributed by atoms with Crippen molar-refractivity contribution in [2.24, 2.45) is 0 Å². The van der Waals surface area contributed by atoms with Gasteiger partial charge in [-0.1, -0.05) is 48.5 Å². The van der Waals surface area contributed by atoms with Crippen LogP contribution in [0.1, 0.15) is 20.7 Å². The van der Waals surface area contributed by atoms with Crippen molar-refractivity contribution in [2.45, 2.75) is 0 Å². The minimum Gasteiger partial charge on any atom is -0.490 e. The molecule has 0 aliphatic heterocycles. The Balaban J connectivity index is 1.24. The van der Waals surface area contributed by atoms with Gasteiger partial charge >= 0.3 is 11.9 Å². The summed E-state index contributed by atoms with van der Waals surface area (Å²) >= 11 is 0. The van der Waals surface area contributed by atoms with Gasteiger partial charge in [0.1, 0.15) is 49.4 Å². The summed E-state index contributed by atoms with van der Waals surface area (Å²) in [5, 5.41) is 0. The molecular formula is C30H26O7. The lowest BCUT2D eigenvalue weighted by Gasteiger charge is -2.10. The first-order chi connectivity index (χ1) is 18.2. The van der Waals surface area contributed by atoms with Crippen molar-refractivity contribution in [3.05, 3.63) is 120 Å². The zero-order chi connectivity index (χ0) is 25.7. The van der Waals surface area contributed by atoms with Crippen molar-refractivity contribution in [1.82, 2.24) is 0 Å². The molecule has 0 saturated heterocycles. The smallest absolute Gasteiger partial charge is 0.343 e. The third-order valence-corrected chi connectivity index (χ3v) is 5.04. The van der Waals surface area contributed by atoms with Crippen LogP contribution in [0.3, 0.4) is 0 Å².